The first-order chi connectivity index (χ1) is 11.6. The van der Waals surface area contributed by atoms with Crippen LogP contribution in [0, 0.1) is 5.92 Å². The molecule has 0 saturated carbocycles. The molecule has 1 aliphatic heterocycles. The second kappa shape index (κ2) is 7.64. The molecule has 2 atom stereocenters. The van der Waals surface area contributed by atoms with Crippen molar-refractivity contribution in [2.75, 3.05) is 33.7 Å². The molecule has 0 radical (unpaired) electrons. The largest absolute Gasteiger partial charge is 0.472 e. The molecule has 1 aromatic heterocycles. The van der Waals surface area contributed by atoms with E-state index in [0.29, 0.717) is 11.5 Å². The molecule has 1 aliphatic rings. The van der Waals surface area contributed by atoms with Gasteiger partial charge in [-0.3, -0.25) is 9.69 Å². The smallest absolute Gasteiger partial charge is 0.254 e. The highest BCUT2D eigenvalue weighted by Gasteiger charge is 2.34. The molecule has 1 N–H and O–H groups in total. The van der Waals surface area contributed by atoms with Crippen molar-refractivity contribution in [3.05, 3.63) is 60.1 Å². The molecule has 0 aliphatic carbocycles. The normalized spacial score (nSPS) is 21.3. The zero-order chi connectivity index (χ0) is 16.9. The molecule has 0 bridgehead atoms. The summed E-state index contributed by atoms with van der Waals surface area (Å²) in [6.45, 7) is 3.74. The Balaban J connectivity index is 1.65. The molecule has 3 rings (SSSR count). The summed E-state index contributed by atoms with van der Waals surface area (Å²) < 4.78 is 5.01. The van der Waals surface area contributed by atoms with Crippen LogP contribution in [-0.2, 0) is 6.54 Å². The number of hydrogen-bond acceptors (Lipinski definition) is 4. The van der Waals surface area contributed by atoms with Crippen molar-refractivity contribution in [3.8, 4) is 0 Å². The SMILES string of the molecule is CN(C)C[C@@H]1CN(Cc2ccccc2)C[C@H]1NC(=O)c1ccoc1. The second-order valence-corrected chi connectivity index (χ2v) is 6.79. The number of hydrogen-bond donors (Lipinski definition) is 1. The molecular formula is C19H25N3O2. The van der Waals surface area contributed by atoms with Crippen LogP contribution in [0.25, 0.3) is 0 Å². The average molecular weight is 327 g/mol. The van der Waals surface area contributed by atoms with E-state index >= 15 is 0 Å². The van der Waals surface area contributed by atoms with Crippen LogP contribution in [0.15, 0.2) is 53.3 Å². The summed E-state index contributed by atoms with van der Waals surface area (Å²) in [6.07, 6.45) is 3.02. The summed E-state index contributed by atoms with van der Waals surface area (Å²) in [6, 6.07) is 12.3. The molecule has 5 nitrogen and oxygen atoms in total. The van der Waals surface area contributed by atoms with E-state index in [2.05, 4.69) is 53.5 Å². The average Bonchev–Trinajstić information content (AvgIpc) is 3.19. The molecule has 24 heavy (non-hydrogen) atoms. The van der Waals surface area contributed by atoms with Crippen LogP contribution in [-0.4, -0.2) is 55.5 Å². The van der Waals surface area contributed by atoms with Gasteiger partial charge in [-0.05, 0) is 25.7 Å². The van der Waals surface area contributed by atoms with Crippen LogP contribution >= 0.6 is 0 Å². The fourth-order valence-electron chi connectivity index (χ4n) is 3.39. The van der Waals surface area contributed by atoms with E-state index in [1.807, 2.05) is 6.07 Å². The highest BCUT2D eigenvalue weighted by Crippen LogP contribution is 2.20. The lowest BCUT2D eigenvalue weighted by Gasteiger charge is -2.22. The Labute approximate surface area is 143 Å². The summed E-state index contributed by atoms with van der Waals surface area (Å²) in [5.74, 6) is 0.360. The molecule has 1 fully saturated rings. The Bertz CT molecular complexity index is 640. The first-order valence-electron chi connectivity index (χ1n) is 8.36. The Kier molecular flexibility index (Phi) is 5.33. The van der Waals surface area contributed by atoms with Gasteiger partial charge in [-0.15, -0.1) is 0 Å². The second-order valence-electron chi connectivity index (χ2n) is 6.79. The molecule has 2 heterocycles. The maximum Gasteiger partial charge on any atom is 0.254 e. The fraction of sp³-hybridized carbons (Fsp3) is 0.421. The minimum Gasteiger partial charge on any atom is -0.472 e. The van der Waals surface area contributed by atoms with Crippen LogP contribution in [0.2, 0.25) is 0 Å². The van der Waals surface area contributed by atoms with Crippen molar-refractivity contribution < 1.29 is 9.21 Å². The number of amides is 1. The number of likely N-dealkylation sites (tertiary alicyclic amines) is 1. The minimum absolute atomic E-state index is 0.0564. The fourth-order valence-corrected chi connectivity index (χ4v) is 3.39. The Morgan fingerprint density at radius 3 is 2.71 bits per heavy atom. The molecule has 128 valence electrons. The molecule has 0 unspecified atom stereocenters. The van der Waals surface area contributed by atoms with E-state index in [9.17, 15) is 4.79 Å². The quantitative estimate of drug-likeness (QED) is 0.882. The monoisotopic (exact) mass is 327 g/mol. The Morgan fingerprint density at radius 2 is 2.04 bits per heavy atom. The number of carbonyl (C=O) groups excluding carboxylic acids is 1. The summed E-state index contributed by atoms with van der Waals surface area (Å²) >= 11 is 0. The van der Waals surface area contributed by atoms with Gasteiger partial charge in [-0.25, -0.2) is 0 Å². The van der Waals surface area contributed by atoms with E-state index in [1.165, 1.54) is 18.1 Å². The van der Waals surface area contributed by atoms with Crippen LogP contribution in [0.5, 0.6) is 0 Å². The van der Waals surface area contributed by atoms with Crippen molar-refractivity contribution in [2.45, 2.75) is 12.6 Å². The summed E-state index contributed by atoms with van der Waals surface area (Å²) in [5, 5.41) is 3.19. The van der Waals surface area contributed by atoms with Gasteiger partial charge in [0.1, 0.15) is 6.26 Å². The van der Waals surface area contributed by atoms with E-state index in [4.69, 9.17) is 4.42 Å². The van der Waals surface area contributed by atoms with Gasteiger partial charge in [-0.1, -0.05) is 30.3 Å². The van der Waals surface area contributed by atoms with E-state index in [-0.39, 0.29) is 11.9 Å². The lowest BCUT2D eigenvalue weighted by atomic mass is 10.0. The first kappa shape index (κ1) is 16.7. The van der Waals surface area contributed by atoms with Gasteiger partial charge in [0, 0.05) is 38.1 Å². The van der Waals surface area contributed by atoms with E-state index in [1.54, 1.807) is 6.07 Å². The highest BCUT2D eigenvalue weighted by atomic mass is 16.3. The number of benzene rings is 1. The van der Waals surface area contributed by atoms with Gasteiger partial charge >= 0.3 is 0 Å². The number of nitrogens with zero attached hydrogens (tertiary/aromatic N) is 2. The number of furan rings is 1. The molecule has 1 saturated heterocycles. The Morgan fingerprint density at radius 1 is 1.25 bits per heavy atom. The van der Waals surface area contributed by atoms with Crippen LogP contribution in [0.1, 0.15) is 15.9 Å². The van der Waals surface area contributed by atoms with Crippen molar-refractivity contribution in [1.29, 1.82) is 0 Å². The third kappa shape index (κ3) is 4.24. The van der Waals surface area contributed by atoms with Crippen molar-refractivity contribution in [3.63, 3.8) is 0 Å². The molecule has 0 spiro atoms. The van der Waals surface area contributed by atoms with E-state index in [0.717, 1.165) is 26.2 Å². The third-order valence-corrected chi connectivity index (χ3v) is 4.47. The van der Waals surface area contributed by atoms with Gasteiger partial charge in [0.15, 0.2) is 0 Å². The van der Waals surface area contributed by atoms with Crippen molar-refractivity contribution >= 4 is 5.91 Å². The van der Waals surface area contributed by atoms with E-state index < -0.39 is 0 Å². The predicted octanol–water partition coefficient (Wildman–Crippen LogP) is 2.07. The lowest BCUT2D eigenvalue weighted by Crippen LogP contribution is -2.43. The molecule has 1 aromatic carbocycles. The first-order valence-corrected chi connectivity index (χ1v) is 8.36. The third-order valence-electron chi connectivity index (χ3n) is 4.47. The van der Waals surface area contributed by atoms with Gasteiger partial charge in [0.25, 0.3) is 5.91 Å². The summed E-state index contributed by atoms with van der Waals surface area (Å²) in [5.41, 5.74) is 1.89. The zero-order valence-corrected chi connectivity index (χ0v) is 14.3. The van der Waals surface area contributed by atoms with Crippen LogP contribution < -0.4 is 5.32 Å². The molecular weight excluding hydrogens is 302 g/mol. The Hall–Kier alpha value is -2.11. The summed E-state index contributed by atoms with van der Waals surface area (Å²) in [7, 11) is 4.16. The van der Waals surface area contributed by atoms with Crippen LogP contribution in [0.4, 0.5) is 0 Å². The molecule has 5 heteroatoms. The maximum absolute atomic E-state index is 12.4. The van der Waals surface area contributed by atoms with Gasteiger partial charge < -0.3 is 14.6 Å². The maximum atomic E-state index is 12.4. The zero-order valence-electron chi connectivity index (χ0n) is 14.3. The summed E-state index contributed by atoms with van der Waals surface area (Å²) in [4.78, 5) is 17.0. The highest BCUT2D eigenvalue weighted by molar-refractivity contribution is 5.94. The van der Waals surface area contributed by atoms with Gasteiger partial charge in [0.2, 0.25) is 0 Å². The van der Waals surface area contributed by atoms with Crippen molar-refractivity contribution in [2.24, 2.45) is 5.92 Å². The number of carbonyl (C=O) groups is 1. The lowest BCUT2D eigenvalue weighted by molar-refractivity contribution is 0.0926. The van der Waals surface area contributed by atoms with Crippen LogP contribution in [0.3, 0.4) is 0 Å². The predicted molar refractivity (Wildman–Crippen MR) is 93.7 cm³/mol. The number of rotatable bonds is 6. The number of nitrogens with one attached hydrogen (secondary N) is 1. The molecule has 1 amide bonds. The van der Waals surface area contributed by atoms with Gasteiger partial charge in [0.05, 0.1) is 11.8 Å². The minimum atomic E-state index is -0.0564. The topological polar surface area (TPSA) is 48.7 Å². The van der Waals surface area contributed by atoms with Gasteiger partial charge in [-0.2, -0.15) is 0 Å². The van der Waals surface area contributed by atoms with Crippen molar-refractivity contribution in [1.82, 2.24) is 15.1 Å². The standard InChI is InChI=1S/C19H25N3O2/c1-21(2)11-17-12-22(10-15-6-4-3-5-7-15)13-18(17)20-19(23)16-8-9-24-14-16/h3-9,14,17-18H,10-13H2,1-2H3,(H,20,23)/t17-,18-/m1/s1. The molecule has 2 aromatic rings.